The lowest BCUT2D eigenvalue weighted by molar-refractivity contribution is -0.132. The van der Waals surface area contributed by atoms with Gasteiger partial charge in [0.1, 0.15) is 5.82 Å². The van der Waals surface area contributed by atoms with E-state index in [2.05, 4.69) is 64.8 Å². The molecule has 1 aromatic heterocycles. The van der Waals surface area contributed by atoms with Gasteiger partial charge in [0.15, 0.2) is 0 Å². The summed E-state index contributed by atoms with van der Waals surface area (Å²) in [6.45, 7) is 5.73. The van der Waals surface area contributed by atoms with Crippen molar-refractivity contribution in [3.8, 4) is 0 Å². The molecule has 2 aromatic rings. The normalized spacial score (nSPS) is 17.5. The zero-order valence-electron chi connectivity index (χ0n) is 16.9. The molecule has 5 heteroatoms. The molecule has 0 radical (unpaired) electrons. The Morgan fingerprint density at radius 2 is 2.11 bits per heavy atom. The average Bonchev–Trinajstić information content (AvgIpc) is 3.14. The van der Waals surface area contributed by atoms with Crippen LogP contribution in [-0.2, 0) is 17.8 Å². The number of aromatic nitrogens is 2. The van der Waals surface area contributed by atoms with Gasteiger partial charge in [0.2, 0.25) is 5.91 Å². The molecule has 0 unspecified atom stereocenters. The Kier molecular flexibility index (Phi) is 6.67. The first-order chi connectivity index (χ1) is 13.0. The van der Waals surface area contributed by atoms with E-state index in [0.29, 0.717) is 12.3 Å². The van der Waals surface area contributed by atoms with E-state index in [0.717, 1.165) is 51.3 Å². The van der Waals surface area contributed by atoms with E-state index in [1.54, 1.807) is 0 Å². The fourth-order valence-corrected chi connectivity index (χ4v) is 3.88. The van der Waals surface area contributed by atoms with E-state index < -0.39 is 0 Å². The van der Waals surface area contributed by atoms with E-state index in [1.807, 2.05) is 12.3 Å². The number of piperidine rings is 1. The third-order valence-corrected chi connectivity index (χ3v) is 5.54. The molecule has 1 aliphatic rings. The maximum Gasteiger partial charge on any atom is 0.222 e. The van der Waals surface area contributed by atoms with E-state index in [4.69, 9.17) is 0 Å². The Morgan fingerprint density at radius 1 is 1.30 bits per heavy atom. The van der Waals surface area contributed by atoms with Crippen LogP contribution in [-0.4, -0.2) is 59.0 Å². The third kappa shape index (κ3) is 5.19. The summed E-state index contributed by atoms with van der Waals surface area (Å²) in [5.74, 6) is 1.75. The van der Waals surface area contributed by atoms with Crippen molar-refractivity contribution in [3.63, 3.8) is 0 Å². The van der Waals surface area contributed by atoms with Crippen molar-refractivity contribution in [1.29, 1.82) is 0 Å². The van der Waals surface area contributed by atoms with Crippen molar-refractivity contribution in [1.82, 2.24) is 19.4 Å². The number of imidazole rings is 1. The summed E-state index contributed by atoms with van der Waals surface area (Å²) in [6, 6.07) is 8.35. The summed E-state index contributed by atoms with van der Waals surface area (Å²) in [5, 5.41) is 0. The monoisotopic (exact) mass is 368 g/mol. The summed E-state index contributed by atoms with van der Waals surface area (Å²) >= 11 is 0. The van der Waals surface area contributed by atoms with Crippen LogP contribution < -0.4 is 0 Å². The Hall–Kier alpha value is -2.14. The maximum absolute atomic E-state index is 12.8. The average molecular weight is 369 g/mol. The summed E-state index contributed by atoms with van der Waals surface area (Å²) in [5.41, 5.74) is 2.54. The van der Waals surface area contributed by atoms with Gasteiger partial charge in [0.05, 0.1) is 0 Å². The van der Waals surface area contributed by atoms with Crippen molar-refractivity contribution in [2.75, 3.05) is 33.7 Å². The van der Waals surface area contributed by atoms with Gasteiger partial charge in [-0.15, -0.1) is 0 Å². The largest absolute Gasteiger partial charge is 0.342 e. The topological polar surface area (TPSA) is 41.4 Å². The Labute approximate surface area is 163 Å². The molecule has 2 heterocycles. The number of likely N-dealkylation sites (tertiary alicyclic amines) is 1. The summed E-state index contributed by atoms with van der Waals surface area (Å²) in [4.78, 5) is 21.7. The van der Waals surface area contributed by atoms with Crippen molar-refractivity contribution in [2.45, 2.75) is 45.1 Å². The number of rotatable bonds is 7. The van der Waals surface area contributed by atoms with Gasteiger partial charge in [-0.1, -0.05) is 24.3 Å². The number of carbonyl (C=O) groups excluding carboxylic acids is 1. The minimum Gasteiger partial charge on any atom is -0.342 e. The first kappa shape index (κ1) is 19.6. The Balaban J connectivity index is 1.58. The standard InChI is InChI=1S/C22H32N4O/c1-18-7-4-5-8-19(18)10-11-21(27)26-13-6-9-20(17-26)22-23-12-14-25(22)16-15-24(2)3/h4-5,7-8,12,14,20H,6,9-11,13,15-17H2,1-3H3/t20-/m1/s1. The zero-order chi connectivity index (χ0) is 19.2. The molecule has 0 bridgehead atoms. The number of nitrogens with zero attached hydrogens (tertiary/aromatic N) is 4. The summed E-state index contributed by atoms with van der Waals surface area (Å²) in [6.07, 6.45) is 7.54. The van der Waals surface area contributed by atoms with Crippen LogP contribution in [0.15, 0.2) is 36.7 Å². The minimum atomic E-state index is 0.273. The second-order valence-electron chi connectivity index (χ2n) is 7.89. The molecule has 5 nitrogen and oxygen atoms in total. The number of hydrogen-bond acceptors (Lipinski definition) is 3. The fraction of sp³-hybridized carbons (Fsp3) is 0.545. The molecule has 1 saturated heterocycles. The molecule has 0 N–H and O–H groups in total. The van der Waals surface area contributed by atoms with Crippen molar-refractivity contribution >= 4 is 5.91 Å². The highest BCUT2D eigenvalue weighted by atomic mass is 16.2. The van der Waals surface area contributed by atoms with Crippen LogP contribution in [0.4, 0.5) is 0 Å². The highest BCUT2D eigenvalue weighted by Gasteiger charge is 2.27. The molecule has 3 rings (SSSR count). The smallest absolute Gasteiger partial charge is 0.222 e. The molecule has 1 fully saturated rings. The lowest BCUT2D eigenvalue weighted by Crippen LogP contribution is -2.40. The van der Waals surface area contributed by atoms with Crippen LogP contribution >= 0.6 is 0 Å². The molecule has 0 aliphatic carbocycles. The van der Waals surface area contributed by atoms with Gasteiger partial charge in [-0.2, -0.15) is 0 Å². The Morgan fingerprint density at radius 3 is 2.89 bits per heavy atom. The van der Waals surface area contributed by atoms with Crippen molar-refractivity contribution in [2.24, 2.45) is 0 Å². The number of aryl methyl sites for hydroxylation is 2. The lowest BCUT2D eigenvalue weighted by Gasteiger charge is -2.33. The molecular formula is C22H32N4O. The molecule has 1 aliphatic heterocycles. The highest BCUT2D eigenvalue weighted by molar-refractivity contribution is 5.76. The number of carbonyl (C=O) groups is 1. The molecule has 1 amide bonds. The SMILES string of the molecule is Cc1ccccc1CCC(=O)N1CCC[C@@H](c2nccn2CCN(C)C)C1. The van der Waals surface area contributed by atoms with Crippen molar-refractivity contribution in [3.05, 3.63) is 53.6 Å². The molecule has 0 saturated carbocycles. The van der Waals surface area contributed by atoms with E-state index >= 15 is 0 Å². The Bertz CT molecular complexity index is 752. The molecule has 1 aromatic carbocycles. The van der Waals surface area contributed by atoms with Gasteiger partial charge in [-0.25, -0.2) is 4.98 Å². The quantitative estimate of drug-likeness (QED) is 0.754. The first-order valence-corrected chi connectivity index (χ1v) is 10.0. The summed E-state index contributed by atoms with van der Waals surface area (Å²) in [7, 11) is 4.18. The number of hydrogen-bond donors (Lipinski definition) is 0. The van der Waals surface area contributed by atoms with E-state index in [-0.39, 0.29) is 5.91 Å². The van der Waals surface area contributed by atoms with Crippen molar-refractivity contribution < 1.29 is 4.79 Å². The molecule has 27 heavy (non-hydrogen) atoms. The molecule has 146 valence electrons. The van der Waals surface area contributed by atoms with Crippen LogP contribution in [0, 0.1) is 6.92 Å². The second-order valence-corrected chi connectivity index (χ2v) is 7.89. The third-order valence-electron chi connectivity index (χ3n) is 5.54. The number of amides is 1. The molecule has 0 spiro atoms. The van der Waals surface area contributed by atoms with Gasteiger partial charge < -0.3 is 14.4 Å². The van der Waals surface area contributed by atoms with Crippen LogP contribution in [0.2, 0.25) is 0 Å². The van der Waals surface area contributed by atoms with Gasteiger partial charge in [-0.3, -0.25) is 4.79 Å². The zero-order valence-corrected chi connectivity index (χ0v) is 16.9. The number of benzene rings is 1. The first-order valence-electron chi connectivity index (χ1n) is 10.0. The molecule has 1 atom stereocenters. The van der Waals surface area contributed by atoms with Crippen LogP contribution in [0.1, 0.15) is 42.1 Å². The predicted octanol–water partition coefficient (Wildman–Crippen LogP) is 3.09. The van der Waals surface area contributed by atoms with E-state index in [9.17, 15) is 4.79 Å². The maximum atomic E-state index is 12.8. The summed E-state index contributed by atoms with van der Waals surface area (Å²) < 4.78 is 2.26. The van der Waals surface area contributed by atoms with Crippen LogP contribution in [0.25, 0.3) is 0 Å². The van der Waals surface area contributed by atoms with Gasteiger partial charge in [0, 0.05) is 50.9 Å². The van der Waals surface area contributed by atoms with Crippen LogP contribution in [0.5, 0.6) is 0 Å². The lowest BCUT2D eigenvalue weighted by atomic mass is 9.96. The molecular weight excluding hydrogens is 336 g/mol. The van der Waals surface area contributed by atoms with E-state index in [1.165, 1.54) is 11.1 Å². The fourth-order valence-electron chi connectivity index (χ4n) is 3.88. The minimum absolute atomic E-state index is 0.273. The van der Waals surface area contributed by atoms with Crippen LogP contribution in [0.3, 0.4) is 0 Å². The highest BCUT2D eigenvalue weighted by Crippen LogP contribution is 2.26. The van der Waals surface area contributed by atoms with Gasteiger partial charge >= 0.3 is 0 Å². The van der Waals surface area contributed by atoms with Gasteiger partial charge in [-0.05, 0) is 51.4 Å². The second kappa shape index (κ2) is 9.18. The predicted molar refractivity (Wildman–Crippen MR) is 109 cm³/mol. The van der Waals surface area contributed by atoms with Gasteiger partial charge in [0.25, 0.3) is 0 Å². The number of likely N-dealkylation sites (N-methyl/N-ethyl adjacent to an activating group) is 1.